The van der Waals surface area contributed by atoms with E-state index in [1.807, 2.05) is 0 Å². The van der Waals surface area contributed by atoms with Gasteiger partial charge < -0.3 is 14.6 Å². The van der Waals surface area contributed by atoms with Crippen molar-refractivity contribution in [1.82, 2.24) is 0 Å². The Morgan fingerprint density at radius 2 is 2.00 bits per heavy atom. The van der Waals surface area contributed by atoms with Gasteiger partial charge in [-0.1, -0.05) is 37.6 Å². The third-order valence-electron chi connectivity index (χ3n) is 4.61. The third-order valence-corrected chi connectivity index (χ3v) is 4.61. The number of Topliss-reactive ketones (excluding diaryl/α,β-unsaturated/α-hetero) is 1. The lowest BCUT2D eigenvalue weighted by Crippen LogP contribution is -2.26. The summed E-state index contributed by atoms with van der Waals surface area (Å²) in [6.07, 6.45) is 14.4. The molecular formula is C21H34O5. The molecule has 1 unspecified atom stereocenters. The van der Waals surface area contributed by atoms with Crippen LogP contribution in [0.1, 0.15) is 65.2 Å². The predicted molar refractivity (Wildman–Crippen MR) is 101 cm³/mol. The van der Waals surface area contributed by atoms with Crippen molar-refractivity contribution in [1.29, 1.82) is 0 Å². The van der Waals surface area contributed by atoms with Crippen LogP contribution in [-0.4, -0.2) is 36.4 Å². The summed E-state index contributed by atoms with van der Waals surface area (Å²) in [5, 5.41) is 9.45. The molecule has 0 radical (unpaired) electrons. The van der Waals surface area contributed by atoms with E-state index >= 15 is 0 Å². The minimum Gasteiger partial charge on any atom is -0.462 e. The topological polar surface area (TPSA) is 72.8 Å². The summed E-state index contributed by atoms with van der Waals surface area (Å²) >= 11 is 0. The number of ketones is 1. The van der Waals surface area contributed by atoms with Gasteiger partial charge in [-0.2, -0.15) is 0 Å². The van der Waals surface area contributed by atoms with Crippen LogP contribution in [0.2, 0.25) is 0 Å². The molecule has 1 aliphatic rings. The van der Waals surface area contributed by atoms with Crippen LogP contribution in [0, 0.1) is 11.8 Å². The smallest absolute Gasteiger partial charge is 0.363 e. The fourth-order valence-corrected chi connectivity index (χ4v) is 3.23. The van der Waals surface area contributed by atoms with E-state index in [4.69, 9.17) is 4.74 Å². The molecule has 0 bridgehead atoms. The lowest BCUT2D eigenvalue weighted by atomic mass is 9.90. The maximum Gasteiger partial charge on any atom is 0.363 e. The molecular weight excluding hydrogens is 332 g/mol. The molecule has 1 fully saturated rings. The van der Waals surface area contributed by atoms with Gasteiger partial charge in [-0.05, 0) is 51.4 Å². The Morgan fingerprint density at radius 3 is 2.73 bits per heavy atom. The zero-order valence-corrected chi connectivity index (χ0v) is 16.2. The van der Waals surface area contributed by atoms with Crippen LogP contribution in [0.25, 0.3) is 0 Å². The Morgan fingerprint density at radius 1 is 1.23 bits per heavy atom. The Hall–Kier alpha value is -1.46. The van der Waals surface area contributed by atoms with E-state index in [2.05, 4.69) is 36.0 Å². The molecule has 1 aliphatic carbocycles. The minimum atomic E-state index is -1.51. The van der Waals surface area contributed by atoms with Crippen LogP contribution >= 0.6 is 0 Å². The SMILES string of the molecule is CCC=CCCC=C[C@H]1CCC(=O)[C@@H]1CCCCOC(O)C(=O)OCC. The van der Waals surface area contributed by atoms with Crippen LogP contribution < -0.4 is 0 Å². The minimum absolute atomic E-state index is 0.104. The highest BCUT2D eigenvalue weighted by Gasteiger charge is 2.32. The van der Waals surface area contributed by atoms with Gasteiger partial charge >= 0.3 is 5.97 Å². The number of carbonyl (C=O) groups is 2. The second kappa shape index (κ2) is 13.7. The van der Waals surface area contributed by atoms with Crippen LogP contribution in [-0.2, 0) is 19.1 Å². The first-order valence-corrected chi connectivity index (χ1v) is 9.90. The number of aliphatic hydroxyl groups excluding tert-OH is 1. The van der Waals surface area contributed by atoms with Crippen LogP contribution in [0.5, 0.6) is 0 Å². The van der Waals surface area contributed by atoms with Crippen LogP contribution in [0.3, 0.4) is 0 Å². The van der Waals surface area contributed by atoms with E-state index in [-0.39, 0.29) is 19.1 Å². The molecule has 0 amide bonds. The lowest BCUT2D eigenvalue weighted by Gasteiger charge is -2.15. The van der Waals surface area contributed by atoms with Crippen molar-refractivity contribution in [3.05, 3.63) is 24.3 Å². The predicted octanol–water partition coefficient (Wildman–Crippen LogP) is 3.95. The maximum atomic E-state index is 12.1. The number of unbranched alkanes of at least 4 members (excludes halogenated alkanes) is 2. The summed E-state index contributed by atoms with van der Waals surface area (Å²) < 4.78 is 9.73. The summed E-state index contributed by atoms with van der Waals surface area (Å²) in [6.45, 7) is 4.30. The van der Waals surface area contributed by atoms with E-state index in [0.29, 0.717) is 24.5 Å². The second-order valence-electron chi connectivity index (χ2n) is 6.63. The molecule has 148 valence electrons. The number of aliphatic hydroxyl groups is 1. The standard InChI is InChI=1S/C21H34O5/c1-3-5-6-7-8-9-12-17-14-15-19(22)18(17)13-10-11-16-26-21(24)20(23)25-4-2/h5-6,9,12,17-18,21,24H,3-4,7-8,10-11,13-16H2,1-2H3/t17-,18+,21?/m0/s1. The van der Waals surface area contributed by atoms with Crippen LogP contribution in [0.4, 0.5) is 0 Å². The normalized spacial score (nSPS) is 21.7. The summed E-state index contributed by atoms with van der Waals surface area (Å²) in [5.74, 6) is 0.0616. The Balaban J connectivity index is 2.24. The summed E-state index contributed by atoms with van der Waals surface area (Å²) in [5.41, 5.74) is 0. The van der Waals surface area contributed by atoms with E-state index in [9.17, 15) is 14.7 Å². The largest absolute Gasteiger partial charge is 0.462 e. The highest BCUT2D eigenvalue weighted by atomic mass is 16.6. The fourth-order valence-electron chi connectivity index (χ4n) is 3.23. The van der Waals surface area contributed by atoms with Crippen LogP contribution in [0.15, 0.2) is 24.3 Å². The summed E-state index contributed by atoms with van der Waals surface area (Å²) in [4.78, 5) is 23.3. The van der Waals surface area contributed by atoms with Gasteiger partial charge in [0.15, 0.2) is 0 Å². The van der Waals surface area contributed by atoms with Gasteiger partial charge in [-0.25, -0.2) is 4.79 Å². The van der Waals surface area contributed by atoms with Gasteiger partial charge in [0, 0.05) is 12.3 Å². The zero-order valence-electron chi connectivity index (χ0n) is 16.2. The van der Waals surface area contributed by atoms with E-state index in [1.165, 1.54) is 0 Å². The number of hydrogen-bond donors (Lipinski definition) is 1. The molecule has 0 aromatic carbocycles. The summed E-state index contributed by atoms with van der Waals surface area (Å²) in [7, 11) is 0. The molecule has 0 heterocycles. The second-order valence-corrected chi connectivity index (χ2v) is 6.63. The molecule has 0 aromatic rings. The van der Waals surface area contributed by atoms with Crippen molar-refractivity contribution in [2.75, 3.05) is 13.2 Å². The molecule has 5 heteroatoms. The molecule has 0 aromatic heterocycles. The lowest BCUT2D eigenvalue weighted by molar-refractivity contribution is -0.182. The van der Waals surface area contributed by atoms with Gasteiger partial charge in [-0.15, -0.1) is 0 Å². The number of ether oxygens (including phenoxy) is 2. The highest BCUT2D eigenvalue weighted by Crippen LogP contribution is 2.33. The first-order chi connectivity index (χ1) is 12.6. The molecule has 1 saturated carbocycles. The van der Waals surface area contributed by atoms with Gasteiger partial charge in [0.2, 0.25) is 0 Å². The number of hydrogen-bond acceptors (Lipinski definition) is 5. The zero-order chi connectivity index (χ0) is 19.2. The van der Waals surface area contributed by atoms with E-state index < -0.39 is 12.3 Å². The average molecular weight is 366 g/mol. The van der Waals surface area contributed by atoms with Gasteiger partial charge in [-0.3, -0.25) is 4.79 Å². The first kappa shape index (κ1) is 22.6. The first-order valence-electron chi connectivity index (χ1n) is 9.90. The van der Waals surface area contributed by atoms with E-state index in [1.54, 1.807) is 6.92 Å². The summed E-state index contributed by atoms with van der Waals surface area (Å²) in [6, 6.07) is 0. The van der Waals surface area contributed by atoms with E-state index in [0.717, 1.165) is 38.5 Å². The molecule has 3 atom stereocenters. The van der Waals surface area contributed by atoms with Crippen molar-refractivity contribution in [2.45, 2.75) is 71.5 Å². The van der Waals surface area contributed by atoms with Gasteiger partial charge in [0.25, 0.3) is 6.29 Å². The molecule has 5 nitrogen and oxygen atoms in total. The van der Waals surface area contributed by atoms with Gasteiger partial charge in [0.05, 0.1) is 13.2 Å². The highest BCUT2D eigenvalue weighted by molar-refractivity contribution is 5.83. The molecule has 1 N–H and O–H groups in total. The molecule has 0 aliphatic heterocycles. The monoisotopic (exact) mass is 366 g/mol. The molecule has 1 rings (SSSR count). The van der Waals surface area contributed by atoms with Crippen molar-refractivity contribution >= 4 is 11.8 Å². The Labute approximate surface area is 157 Å². The van der Waals surface area contributed by atoms with Crippen molar-refractivity contribution < 1.29 is 24.2 Å². The Bertz CT molecular complexity index is 469. The Kier molecular flexibility index (Phi) is 11.9. The maximum absolute atomic E-state index is 12.1. The third kappa shape index (κ3) is 8.77. The van der Waals surface area contributed by atoms with Gasteiger partial charge in [0.1, 0.15) is 5.78 Å². The number of esters is 1. The molecule has 0 saturated heterocycles. The molecule has 26 heavy (non-hydrogen) atoms. The fraction of sp³-hybridized carbons (Fsp3) is 0.714. The number of carbonyl (C=O) groups excluding carboxylic acids is 2. The van der Waals surface area contributed by atoms with Crippen molar-refractivity contribution in [3.8, 4) is 0 Å². The quantitative estimate of drug-likeness (QED) is 0.231. The number of rotatable bonds is 13. The average Bonchev–Trinajstić information content (AvgIpc) is 2.97. The molecule has 0 spiro atoms. The number of allylic oxidation sites excluding steroid dienone is 4. The van der Waals surface area contributed by atoms with Crippen molar-refractivity contribution in [3.63, 3.8) is 0 Å². The van der Waals surface area contributed by atoms with Crippen molar-refractivity contribution in [2.24, 2.45) is 11.8 Å².